The van der Waals surface area contributed by atoms with Gasteiger partial charge in [0.25, 0.3) is 0 Å². The van der Waals surface area contributed by atoms with Gasteiger partial charge in [-0.3, -0.25) is 4.68 Å². The maximum Gasteiger partial charge on any atom is 0.0740 e. The van der Waals surface area contributed by atoms with E-state index in [1.54, 1.807) is 0 Å². The van der Waals surface area contributed by atoms with Crippen molar-refractivity contribution in [1.82, 2.24) is 9.78 Å². The van der Waals surface area contributed by atoms with Crippen LogP contribution in [0, 0.1) is 0 Å². The Morgan fingerprint density at radius 2 is 2.29 bits per heavy atom. The first kappa shape index (κ1) is 11.2. The van der Waals surface area contributed by atoms with Gasteiger partial charge in [-0.15, -0.1) is 0 Å². The van der Waals surface area contributed by atoms with Crippen LogP contribution in [0.3, 0.4) is 0 Å². The second kappa shape index (κ2) is 5.12. The molecule has 0 fully saturated rings. The number of nitrogens with zero attached hydrogens (tertiary/aromatic N) is 2. The first-order valence-electron chi connectivity index (χ1n) is 5.08. The highest BCUT2D eigenvalue weighted by Crippen LogP contribution is 2.15. The van der Waals surface area contributed by atoms with Crippen LogP contribution in [0.1, 0.15) is 32.4 Å². The highest BCUT2D eigenvalue weighted by Gasteiger charge is 2.16. The van der Waals surface area contributed by atoms with Crippen molar-refractivity contribution in [2.45, 2.75) is 39.5 Å². The number of hydrogen-bond donors (Lipinski definition) is 1. The van der Waals surface area contributed by atoms with Gasteiger partial charge >= 0.3 is 0 Å². The molecule has 0 aliphatic rings. The van der Waals surface area contributed by atoms with Gasteiger partial charge in [0.15, 0.2) is 0 Å². The molecule has 4 heteroatoms. The summed E-state index contributed by atoms with van der Waals surface area (Å²) in [6, 6.07) is -0.0877. The van der Waals surface area contributed by atoms with E-state index in [1.807, 2.05) is 37.8 Å². The van der Waals surface area contributed by atoms with Crippen molar-refractivity contribution in [3.63, 3.8) is 0 Å². The Morgan fingerprint density at radius 1 is 1.57 bits per heavy atom. The SMILES string of the molecule is CCOC(C)C(N)c1cnn(CC)c1. The lowest BCUT2D eigenvalue weighted by Crippen LogP contribution is -2.25. The molecule has 0 saturated carbocycles. The average Bonchev–Trinajstić information content (AvgIpc) is 2.65. The highest BCUT2D eigenvalue weighted by molar-refractivity contribution is 5.11. The Hall–Kier alpha value is -0.870. The number of aromatic nitrogens is 2. The normalized spacial score (nSPS) is 15.4. The highest BCUT2D eigenvalue weighted by atomic mass is 16.5. The minimum atomic E-state index is -0.0877. The molecule has 0 aromatic carbocycles. The zero-order valence-corrected chi connectivity index (χ0v) is 9.10. The van der Waals surface area contributed by atoms with E-state index < -0.39 is 0 Å². The molecule has 0 aliphatic heterocycles. The number of rotatable bonds is 5. The van der Waals surface area contributed by atoms with Crippen LogP contribution >= 0.6 is 0 Å². The number of aryl methyl sites for hydroxylation is 1. The summed E-state index contributed by atoms with van der Waals surface area (Å²) in [6.07, 6.45) is 3.82. The first-order chi connectivity index (χ1) is 6.69. The van der Waals surface area contributed by atoms with Gasteiger partial charge in [0.1, 0.15) is 0 Å². The van der Waals surface area contributed by atoms with E-state index >= 15 is 0 Å². The Kier molecular flexibility index (Phi) is 4.10. The fourth-order valence-corrected chi connectivity index (χ4v) is 1.36. The van der Waals surface area contributed by atoms with Gasteiger partial charge < -0.3 is 10.5 Å². The van der Waals surface area contributed by atoms with Crippen molar-refractivity contribution in [2.24, 2.45) is 5.73 Å². The zero-order chi connectivity index (χ0) is 10.6. The molecule has 0 aliphatic carbocycles. The molecule has 1 rings (SSSR count). The van der Waals surface area contributed by atoms with Gasteiger partial charge in [0.2, 0.25) is 0 Å². The van der Waals surface area contributed by atoms with Gasteiger partial charge in [-0.25, -0.2) is 0 Å². The average molecular weight is 197 g/mol. The molecule has 0 bridgehead atoms. The van der Waals surface area contributed by atoms with Crippen LogP contribution in [-0.2, 0) is 11.3 Å². The molecule has 1 heterocycles. The van der Waals surface area contributed by atoms with E-state index in [0.717, 1.165) is 12.1 Å². The van der Waals surface area contributed by atoms with E-state index in [9.17, 15) is 0 Å². The summed E-state index contributed by atoms with van der Waals surface area (Å²) < 4.78 is 7.31. The smallest absolute Gasteiger partial charge is 0.0740 e. The van der Waals surface area contributed by atoms with Gasteiger partial charge in [-0.05, 0) is 20.8 Å². The molecule has 0 spiro atoms. The zero-order valence-electron chi connectivity index (χ0n) is 9.10. The first-order valence-corrected chi connectivity index (χ1v) is 5.08. The van der Waals surface area contributed by atoms with Crippen molar-refractivity contribution in [3.8, 4) is 0 Å². The third-order valence-corrected chi connectivity index (χ3v) is 2.30. The van der Waals surface area contributed by atoms with Gasteiger partial charge in [0.05, 0.1) is 18.3 Å². The standard InChI is InChI=1S/C10H19N3O/c1-4-13-7-9(6-12-13)10(11)8(3)14-5-2/h6-8,10H,4-5,11H2,1-3H3. The van der Waals surface area contributed by atoms with E-state index in [1.165, 1.54) is 0 Å². The third kappa shape index (κ3) is 2.56. The lowest BCUT2D eigenvalue weighted by molar-refractivity contribution is 0.0574. The van der Waals surface area contributed by atoms with Crippen molar-refractivity contribution in [1.29, 1.82) is 0 Å². The van der Waals surface area contributed by atoms with Gasteiger partial charge in [0, 0.05) is 24.9 Å². The van der Waals surface area contributed by atoms with Crippen LogP contribution < -0.4 is 5.73 Å². The molecule has 0 radical (unpaired) electrons. The summed E-state index contributed by atoms with van der Waals surface area (Å²) in [7, 11) is 0. The summed E-state index contributed by atoms with van der Waals surface area (Å²) in [5.41, 5.74) is 7.05. The molecule has 2 atom stereocenters. The second-order valence-corrected chi connectivity index (χ2v) is 3.32. The lowest BCUT2D eigenvalue weighted by atomic mass is 10.1. The van der Waals surface area contributed by atoms with Crippen molar-refractivity contribution >= 4 is 0 Å². The van der Waals surface area contributed by atoms with Crippen molar-refractivity contribution in [3.05, 3.63) is 18.0 Å². The summed E-state index contributed by atoms with van der Waals surface area (Å²) >= 11 is 0. The largest absolute Gasteiger partial charge is 0.377 e. The quantitative estimate of drug-likeness (QED) is 0.774. The van der Waals surface area contributed by atoms with E-state index in [2.05, 4.69) is 5.10 Å². The molecule has 1 aromatic rings. The Bertz CT molecular complexity index is 272. The van der Waals surface area contributed by atoms with Crippen molar-refractivity contribution < 1.29 is 4.74 Å². The van der Waals surface area contributed by atoms with E-state index in [-0.39, 0.29) is 12.1 Å². The Morgan fingerprint density at radius 3 is 2.79 bits per heavy atom. The van der Waals surface area contributed by atoms with Gasteiger partial charge in [-0.2, -0.15) is 5.10 Å². The number of hydrogen-bond acceptors (Lipinski definition) is 3. The van der Waals surface area contributed by atoms with Crippen LogP contribution in [0.4, 0.5) is 0 Å². The fourth-order valence-electron chi connectivity index (χ4n) is 1.36. The molecule has 2 N–H and O–H groups in total. The molecule has 4 nitrogen and oxygen atoms in total. The van der Waals surface area contributed by atoms with Crippen molar-refractivity contribution in [2.75, 3.05) is 6.61 Å². The van der Waals surface area contributed by atoms with Crippen LogP contribution in [0.5, 0.6) is 0 Å². The van der Waals surface area contributed by atoms with Gasteiger partial charge in [-0.1, -0.05) is 0 Å². The second-order valence-electron chi connectivity index (χ2n) is 3.32. The number of nitrogens with two attached hydrogens (primary N) is 1. The minimum Gasteiger partial charge on any atom is -0.377 e. The molecule has 14 heavy (non-hydrogen) atoms. The van der Waals surface area contributed by atoms with Crippen LogP contribution in [0.25, 0.3) is 0 Å². The third-order valence-electron chi connectivity index (χ3n) is 2.30. The monoisotopic (exact) mass is 197 g/mol. The molecule has 2 unspecified atom stereocenters. The lowest BCUT2D eigenvalue weighted by Gasteiger charge is -2.18. The van der Waals surface area contributed by atoms with Crippen LogP contribution in [0.15, 0.2) is 12.4 Å². The molecule has 80 valence electrons. The number of ether oxygens (including phenoxy) is 1. The molecular formula is C10H19N3O. The Labute approximate surface area is 85.0 Å². The summed E-state index contributed by atoms with van der Waals surface area (Å²) in [5, 5.41) is 4.18. The predicted molar refractivity (Wildman–Crippen MR) is 55.9 cm³/mol. The molecular weight excluding hydrogens is 178 g/mol. The molecule has 0 amide bonds. The van der Waals surface area contributed by atoms with E-state index in [0.29, 0.717) is 6.61 Å². The molecule has 1 aromatic heterocycles. The predicted octanol–water partition coefficient (Wildman–Crippen LogP) is 1.33. The summed E-state index contributed by atoms with van der Waals surface area (Å²) in [5.74, 6) is 0. The fraction of sp³-hybridized carbons (Fsp3) is 0.700. The Balaban J connectivity index is 2.63. The maximum atomic E-state index is 6.01. The van der Waals surface area contributed by atoms with E-state index in [4.69, 9.17) is 10.5 Å². The van der Waals surface area contributed by atoms with Crippen LogP contribution in [-0.4, -0.2) is 22.5 Å². The maximum absolute atomic E-state index is 6.01. The molecule has 0 saturated heterocycles. The van der Waals surface area contributed by atoms with Crippen LogP contribution in [0.2, 0.25) is 0 Å². The summed E-state index contributed by atoms with van der Waals surface area (Å²) in [6.45, 7) is 7.57. The minimum absolute atomic E-state index is 0.0366. The topological polar surface area (TPSA) is 53.1 Å². The summed E-state index contributed by atoms with van der Waals surface area (Å²) in [4.78, 5) is 0.